The van der Waals surface area contributed by atoms with Crippen molar-refractivity contribution >= 4 is 17.9 Å². The number of nitrogens with zero attached hydrogens (tertiary/aromatic N) is 3. The standard InChI is InChI=1S/C26H33N3/c1-10-12-15-27-21(7)20(6)24-17-29(26(8,9)18(3)4)28-25(24)23-16-22(11-2)14-13-19(23)5/h10-17H,2-3H2,1,4-9H3/b12-10-,21-20-,27-15-. The van der Waals surface area contributed by atoms with Crippen LogP contribution in [-0.4, -0.2) is 16.0 Å². The molecule has 2 rings (SSSR count). The van der Waals surface area contributed by atoms with E-state index in [1.54, 1.807) is 0 Å². The Bertz CT molecular complexity index is 1010. The van der Waals surface area contributed by atoms with Crippen LogP contribution in [0.2, 0.25) is 0 Å². The highest BCUT2D eigenvalue weighted by atomic mass is 15.3. The molecule has 0 N–H and O–H groups in total. The molecule has 0 unspecified atom stereocenters. The van der Waals surface area contributed by atoms with Gasteiger partial charge in [0, 0.05) is 29.2 Å². The van der Waals surface area contributed by atoms with Crippen molar-refractivity contribution in [1.29, 1.82) is 0 Å². The molecule has 0 aliphatic heterocycles. The van der Waals surface area contributed by atoms with E-state index in [4.69, 9.17) is 5.10 Å². The Morgan fingerprint density at radius 2 is 1.90 bits per heavy atom. The Kier molecular flexibility index (Phi) is 6.97. The van der Waals surface area contributed by atoms with Crippen molar-refractivity contribution in [2.75, 3.05) is 0 Å². The molecule has 0 saturated carbocycles. The second kappa shape index (κ2) is 9.04. The Balaban J connectivity index is 2.79. The maximum Gasteiger partial charge on any atom is 0.100 e. The van der Waals surface area contributed by atoms with E-state index in [0.29, 0.717) is 0 Å². The summed E-state index contributed by atoms with van der Waals surface area (Å²) >= 11 is 0. The van der Waals surface area contributed by atoms with Crippen LogP contribution in [0.3, 0.4) is 0 Å². The number of hydrogen-bond acceptors (Lipinski definition) is 2. The molecule has 0 aliphatic rings. The van der Waals surface area contributed by atoms with Crippen molar-refractivity contribution < 1.29 is 0 Å². The molecule has 0 radical (unpaired) electrons. The molecule has 1 heterocycles. The van der Waals surface area contributed by atoms with Gasteiger partial charge in [-0.25, -0.2) is 0 Å². The first-order chi connectivity index (χ1) is 13.6. The monoisotopic (exact) mass is 387 g/mol. The van der Waals surface area contributed by atoms with Crippen molar-refractivity contribution in [1.82, 2.24) is 9.78 Å². The average Bonchev–Trinajstić information content (AvgIpc) is 3.13. The summed E-state index contributed by atoms with van der Waals surface area (Å²) in [5.74, 6) is 0. The fourth-order valence-corrected chi connectivity index (χ4v) is 2.88. The first-order valence-electron chi connectivity index (χ1n) is 9.96. The predicted molar refractivity (Wildman–Crippen MR) is 128 cm³/mol. The molecule has 1 aromatic heterocycles. The third-order valence-corrected chi connectivity index (χ3v) is 5.58. The molecule has 0 bridgehead atoms. The van der Waals surface area contributed by atoms with E-state index in [-0.39, 0.29) is 5.54 Å². The Hall–Kier alpha value is -2.94. The minimum atomic E-state index is -0.292. The van der Waals surface area contributed by atoms with Gasteiger partial charge in [0.2, 0.25) is 0 Å². The Labute approximate surface area is 175 Å². The van der Waals surface area contributed by atoms with Crippen LogP contribution in [-0.2, 0) is 5.54 Å². The number of rotatable bonds is 7. The van der Waals surface area contributed by atoms with Crippen LogP contribution in [0.25, 0.3) is 22.9 Å². The highest BCUT2D eigenvalue weighted by molar-refractivity contribution is 5.82. The lowest BCUT2D eigenvalue weighted by atomic mass is 9.96. The predicted octanol–water partition coefficient (Wildman–Crippen LogP) is 7.21. The zero-order valence-electron chi connectivity index (χ0n) is 18.9. The summed E-state index contributed by atoms with van der Waals surface area (Å²) < 4.78 is 2.02. The number of aryl methyl sites for hydroxylation is 1. The summed E-state index contributed by atoms with van der Waals surface area (Å²) in [5.41, 5.74) is 8.24. The first kappa shape index (κ1) is 22.4. The van der Waals surface area contributed by atoms with Gasteiger partial charge in [0.15, 0.2) is 0 Å². The summed E-state index contributed by atoms with van der Waals surface area (Å²) in [4.78, 5) is 4.58. The van der Waals surface area contributed by atoms with E-state index in [9.17, 15) is 0 Å². The minimum Gasteiger partial charge on any atom is -0.262 e. The molecule has 0 atom stereocenters. The van der Waals surface area contributed by atoms with Crippen molar-refractivity contribution in [2.24, 2.45) is 4.99 Å². The van der Waals surface area contributed by atoms with E-state index >= 15 is 0 Å². The van der Waals surface area contributed by atoms with Crippen LogP contribution in [0.4, 0.5) is 0 Å². The van der Waals surface area contributed by atoms with Crippen molar-refractivity contribution in [3.8, 4) is 11.3 Å². The number of aliphatic imine (C=N–C) groups is 1. The third-order valence-electron chi connectivity index (χ3n) is 5.58. The Morgan fingerprint density at radius 1 is 1.21 bits per heavy atom. The van der Waals surface area contributed by atoms with Gasteiger partial charge in [-0.05, 0) is 77.3 Å². The van der Waals surface area contributed by atoms with Crippen molar-refractivity contribution in [2.45, 2.75) is 54.0 Å². The number of aromatic nitrogens is 2. The molecule has 0 spiro atoms. The highest BCUT2D eigenvalue weighted by Crippen LogP contribution is 2.35. The zero-order valence-corrected chi connectivity index (χ0v) is 18.9. The fraction of sp³-hybridized carbons (Fsp3) is 0.308. The van der Waals surface area contributed by atoms with Crippen molar-refractivity contribution in [3.05, 3.63) is 77.7 Å². The molecule has 0 aliphatic carbocycles. The van der Waals surface area contributed by atoms with Gasteiger partial charge in [0.05, 0.1) is 5.54 Å². The molecule has 2 aromatic rings. The fourth-order valence-electron chi connectivity index (χ4n) is 2.88. The lowest BCUT2D eigenvalue weighted by molar-refractivity contribution is 0.383. The van der Waals surface area contributed by atoms with Crippen LogP contribution in [0, 0.1) is 6.92 Å². The summed E-state index contributed by atoms with van der Waals surface area (Å²) in [5, 5.41) is 5.03. The van der Waals surface area contributed by atoms with E-state index < -0.39 is 0 Å². The molecule has 0 fully saturated rings. The number of hydrogen-bond donors (Lipinski definition) is 0. The average molecular weight is 388 g/mol. The molecule has 152 valence electrons. The largest absolute Gasteiger partial charge is 0.262 e. The maximum absolute atomic E-state index is 5.03. The summed E-state index contributed by atoms with van der Waals surface area (Å²) in [7, 11) is 0. The van der Waals surface area contributed by atoms with E-state index in [0.717, 1.165) is 39.2 Å². The number of allylic oxidation sites excluding steroid dienone is 5. The molecule has 1 aromatic carbocycles. The normalized spacial score (nSPS) is 13.2. The molecule has 3 nitrogen and oxygen atoms in total. The summed E-state index contributed by atoms with van der Waals surface area (Å²) in [6, 6.07) is 6.35. The SMILES string of the molecule is C=Cc1ccc(C)c(-c2nn(C(C)(C)C(=C)C)cc2\C(C)=C(C)/N=C\C=C/C)c1. The second-order valence-corrected chi connectivity index (χ2v) is 7.97. The minimum absolute atomic E-state index is 0.292. The zero-order chi connectivity index (χ0) is 21.8. The van der Waals surface area contributed by atoms with Gasteiger partial charge < -0.3 is 0 Å². The number of benzene rings is 1. The maximum atomic E-state index is 5.03. The smallest absolute Gasteiger partial charge is 0.100 e. The first-order valence-corrected chi connectivity index (χ1v) is 9.96. The topological polar surface area (TPSA) is 30.2 Å². The lowest BCUT2D eigenvalue weighted by Gasteiger charge is -2.25. The third kappa shape index (κ3) is 4.73. The highest BCUT2D eigenvalue weighted by Gasteiger charge is 2.26. The summed E-state index contributed by atoms with van der Waals surface area (Å²) in [6.45, 7) is 22.6. The van der Waals surface area contributed by atoms with Crippen LogP contribution in [0.15, 0.2) is 66.0 Å². The van der Waals surface area contributed by atoms with Crippen LogP contribution >= 0.6 is 0 Å². The molecule has 29 heavy (non-hydrogen) atoms. The van der Waals surface area contributed by atoms with Crippen molar-refractivity contribution in [3.63, 3.8) is 0 Å². The van der Waals surface area contributed by atoms with Gasteiger partial charge in [-0.3, -0.25) is 9.67 Å². The van der Waals surface area contributed by atoms with Crippen LogP contribution in [0.1, 0.15) is 58.2 Å². The van der Waals surface area contributed by atoms with Crippen LogP contribution < -0.4 is 0 Å². The van der Waals surface area contributed by atoms with Gasteiger partial charge in [-0.2, -0.15) is 5.10 Å². The quantitative estimate of drug-likeness (QED) is 0.364. The van der Waals surface area contributed by atoms with Gasteiger partial charge in [0.1, 0.15) is 5.69 Å². The second-order valence-electron chi connectivity index (χ2n) is 7.97. The lowest BCUT2D eigenvalue weighted by Crippen LogP contribution is -2.27. The van der Waals surface area contributed by atoms with E-state index in [2.05, 4.69) is 70.2 Å². The van der Waals surface area contributed by atoms with E-state index in [1.807, 2.05) is 49.9 Å². The van der Waals surface area contributed by atoms with Crippen LogP contribution in [0.5, 0.6) is 0 Å². The molecular weight excluding hydrogens is 354 g/mol. The van der Waals surface area contributed by atoms with Gasteiger partial charge in [-0.15, -0.1) is 0 Å². The summed E-state index contributed by atoms with van der Waals surface area (Å²) in [6.07, 6.45) is 9.71. The molecule has 3 heteroatoms. The molecule has 0 saturated heterocycles. The molecule has 0 amide bonds. The van der Waals surface area contributed by atoms with Gasteiger partial charge in [-0.1, -0.05) is 43.0 Å². The Morgan fingerprint density at radius 3 is 2.48 bits per heavy atom. The molecular formula is C26H33N3. The van der Waals surface area contributed by atoms with E-state index in [1.165, 1.54) is 5.56 Å². The van der Waals surface area contributed by atoms with Gasteiger partial charge in [0.25, 0.3) is 0 Å². The van der Waals surface area contributed by atoms with Gasteiger partial charge >= 0.3 is 0 Å².